The number of morpholine rings is 1. The van der Waals surface area contributed by atoms with Crippen molar-refractivity contribution in [3.63, 3.8) is 0 Å². The van der Waals surface area contributed by atoms with Gasteiger partial charge in [0.05, 0.1) is 19.8 Å². The first-order chi connectivity index (χ1) is 9.79. The zero-order valence-corrected chi connectivity index (χ0v) is 11.8. The van der Waals surface area contributed by atoms with E-state index in [2.05, 4.69) is 24.8 Å². The van der Waals surface area contributed by atoms with Crippen LogP contribution in [0.1, 0.15) is 6.92 Å². The van der Waals surface area contributed by atoms with Gasteiger partial charge < -0.3 is 14.4 Å². The molecule has 0 bridgehead atoms. The Kier molecular flexibility index (Phi) is 3.79. The lowest BCUT2D eigenvalue weighted by Gasteiger charge is -2.28. The fourth-order valence-corrected chi connectivity index (χ4v) is 2.29. The molecule has 20 heavy (non-hydrogen) atoms. The van der Waals surface area contributed by atoms with Crippen LogP contribution in [0.15, 0.2) is 6.33 Å². The van der Waals surface area contributed by atoms with Gasteiger partial charge in [0.1, 0.15) is 11.8 Å². The number of ether oxygens (including phenoxy) is 2. The molecular weight excluding hydrogens is 282 g/mol. The summed E-state index contributed by atoms with van der Waals surface area (Å²) in [5, 5.41) is 0.162. The first-order valence-electron chi connectivity index (χ1n) is 6.43. The molecule has 0 saturated carbocycles. The molecule has 2 aromatic rings. The molecule has 3 rings (SSSR count). The average molecular weight is 296 g/mol. The number of fused-ring (bicyclic) bond motifs is 1. The second kappa shape index (κ2) is 5.72. The third-order valence-electron chi connectivity index (χ3n) is 2.99. The SMILES string of the molecule is CCOc1ncnc2c(N3CCOCC3)nc(Cl)nc12. The van der Waals surface area contributed by atoms with Crippen molar-refractivity contribution >= 4 is 28.5 Å². The Bertz CT molecular complexity index is 618. The second-order valence-corrected chi connectivity index (χ2v) is 4.56. The van der Waals surface area contributed by atoms with Gasteiger partial charge in [-0.15, -0.1) is 0 Å². The molecule has 1 aliphatic rings. The third-order valence-corrected chi connectivity index (χ3v) is 3.16. The topological polar surface area (TPSA) is 73.3 Å². The summed E-state index contributed by atoms with van der Waals surface area (Å²) >= 11 is 6.02. The van der Waals surface area contributed by atoms with Gasteiger partial charge in [-0.1, -0.05) is 0 Å². The van der Waals surface area contributed by atoms with E-state index in [4.69, 9.17) is 21.1 Å². The first kappa shape index (κ1) is 13.3. The Labute approximate surface area is 120 Å². The summed E-state index contributed by atoms with van der Waals surface area (Å²) in [5.41, 5.74) is 1.19. The van der Waals surface area contributed by atoms with Gasteiger partial charge in [-0.3, -0.25) is 0 Å². The highest BCUT2D eigenvalue weighted by Gasteiger charge is 2.20. The van der Waals surface area contributed by atoms with Gasteiger partial charge in [-0.25, -0.2) is 9.97 Å². The van der Waals surface area contributed by atoms with Crippen molar-refractivity contribution in [3.05, 3.63) is 11.6 Å². The lowest BCUT2D eigenvalue weighted by Crippen LogP contribution is -2.37. The van der Waals surface area contributed by atoms with Crippen LogP contribution in [-0.4, -0.2) is 52.8 Å². The van der Waals surface area contributed by atoms with Crippen LogP contribution in [0.2, 0.25) is 5.28 Å². The van der Waals surface area contributed by atoms with Crippen LogP contribution in [0.3, 0.4) is 0 Å². The van der Waals surface area contributed by atoms with Crippen molar-refractivity contribution < 1.29 is 9.47 Å². The summed E-state index contributed by atoms with van der Waals surface area (Å²) in [5.74, 6) is 1.13. The highest BCUT2D eigenvalue weighted by molar-refractivity contribution is 6.28. The van der Waals surface area contributed by atoms with Crippen LogP contribution >= 0.6 is 11.6 Å². The summed E-state index contributed by atoms with van der Waals surface area (Å²) < 4.78 is 10.8. The monoisotopic (exact) mass is 295 g/mol. The Morgan fingerprint density at radius 3 is 2.80 bits per heavy atom. The highest BCUT2D eigenvalue weighted by Crippen LogP contribution is 2.28. The normalized spacial score (nSPS) is 15.6. The molecule has 2 aromatic heterocycles. The molecule has 1 fully saturated rings. The smallest absolute Gasteiger partial charge is 0.243 e. The lowest BCUT2D eigenvalue weighted by atomic mass is 10.3. The molecular formula is C12H14ClN5O2. The van der Waals surface area contributed by atoms with E-state index in [1.807, 2.05) is 6.92 Å². The lowest BCUT2D eigenvalue weighted by molar-refractivity contribution is 0.122. The van der Waals surface area contributed by atoms with Gasteiger partial charge in [0.2, 0.25) is 11.2 Å². The molecule has 106 valence electrons. The van der Waals surface area contributed by atoms with Crippen molar-refractivity contribution in [2.24, 2.45) is 0 Å². The van der Waals surface area contributed by atoms with Crippen LogP contribution < -0.4 is 9.64 Å². The van der Waals surface area contributed by atoms with Crippen molar-refractivity contribution in [2.75, 3.05) is 37.8 Å². The highest BCUT2D eigenvalue weighted by atomic mass is 35.5. The molecule has 3 heterocycles. The molecule has 0 radical (unpaired) electrons. The van der Waals surface area contributed by atoms with Gasteiger partial charge in [0.15, 0.2) is 11.3 Å². The molecule has 1 aliphatic heterocycles. The maximum absolute atomic E-state index is 6.02. The Balaban J connectivity index is 2.13. The molecule has 0 unspecified atom stereocenters. The van der Waals surface area contributed by atoms with Gasteiger partial charge in [0, 0.05) is 13.1 Å². The minimum Gasteiger partial charge on any atom is -0.476 e. The Morgan fingerprint density at radius 2 is 2.05 bits per heavy atom. The predicted molar refractivity (Wildman–Crippen MR) is 74.3 cm³/mol. The molecule has 0 aromatic carbocycles. The van der Waals surface area contributed by atoms with Crippen LogP contribution in [0.4, 0.5) is 5.82 Å². The minimum absolute atomic E-state index is 0.162. The molecule has 0 atom stereocenters. The van der Waals surface area contributed by atoms with Crippen LogP contribution in [0, 0.1) is 0 Å². The van der Waals surface area contributed by atoms with Gasteiger partial charge in [0.25, 0.3) is 0 Å². The number of nitrogens with zero attached hydrogens (tertiary/aromatic N) is 5. The molecule has 1 saturated heterocycles. The third kappa shape index (κ3) is 2.46. The average Bonchev–Trinajstić information content (AvgIpc) is 2.48. The van der Waals surface area contributed by atoms with Gasteiger partial charge >= 0.3 is 0 Å². The zero-order chi connectivity index (χ0) is 13.9. The van der Waals surface area contributed by atoms with Gasteiger partial charge in [-0.2, -0.15) is 9.97 Å². The molecule has 7 nitrogen and oxygen atoms in total. The Hall–Kier alpha value is -1.73. The Morgan fingerprint density at radius 1 is 1.25 bits per heavy atom. The maximum atomic E-state index is 6.02. The van der Waals surface area contributed by atoms with E-state index in [1.165, 1.54) is 6.33 Å². The minimum atomic E-state index is 0.162. The molecule has 8 heteroatoms. The van der Waals surface area contributed by atoms with Crippen LogP contribution in [-0.2, 0) is 4.74 Å². The van der Waals surface area contributed by atoms with Crippen molar-refractivity contribution in [3.8, 4) is 5.88 Å². The quantitative estimate of drug-likeness (QED) is 0.790. The van der Waals surface area contributed by atoms with E-state index < -0.39 is 0 Å². The van der Waals surface area contributed by atoms with Crippen molar-refractivity contribution in [2.45, 2.75) is 6.92 Å². The standard InChI is InChI=1S/C12H14ClN5O2/c1-2-20-11-9-8(14-7-15-11)10(17-12(13)16-9)18-3-5-19-6-4-18/h7H,2-6H2,1H3. The summed E-state index contributed by atoms with van der Waals surface area (Å²) in [6.07, 6.45) is 1.45. The first-order valence-corrected chi connectivity index (χ1v) is 6.81. The van der Waals surface area contributed by atoms with E-state index in [9.17, 15) is 0 Å². The van der Waals surface area contributed by atoms with Crippen LogP contribution in [0.5, 0.6) is 5.88 Å². The number of hydrogen-bond donors (Lipinski definition) is 0. The summed E-state index contributed by atoms with van der Waals surface area (Å²) in [6, 6.07) is 0. The summed E-state index contributed by atoms with van der Waals surface area (Å²) in [6.45, 7) is 5.20. The maximum Gasteiger partial charge on any atom is 0.243 e. The van der Waals surface area contributed by atoms with E-state index >= 15 is 0 Å². The number of hydrogen-bond acceptors (Lipinski definition) is 7. The number of rotatable bonds is 3. The number of halogens is 1. The van der Waals surface area contributed by atoms with Crippen LogP contribution in [0.25, 0.3) is 11.0 Å². The molecule has 0 aliphatic carbocycles. The van der Waals surface area contributed by atoms with Crippen molar-refractivity contribution in [1.82, 2.24) is 19.9 Å². The molecule has 0 spiro atoms. The summed E-state index contributed by atoms with van der Waals surface area (Å²) in [7, 11) is 0. The van der Waals surface area contributed by atoms with E-state index in [-0.39, 0.29) is 5.28 Å². The number of aromatic nitrogens is 4. The predicted octanol–water partition coefficient (Wildman–Crippen LogP) is 1.31. The van der Waals surface area contributed by atoms with E-state index in [0.717, 1.165) is 13.1 Å². The van der Waals surface area contributed by atoms with E-state index in [1.54, 1.807) is 0 Å². The fraction of sp³-hybridized carbons (Fsp3) is 0.500. The molecule has 0 N–H and O–H groups in total. The number of anilines is 1. The van der Waals surface area contributed by atoms with E-state index in [0.29, 0.717) is 42.6 Å². The second-order valence-electron chi connectivity index (χ2n) is 4.22. The van der Waals surface area contributed by atoms with Crippen molar-refractivity contribution in [1.29, 1.82) is 0 Å². The zero-order valence-electron chi connectivity index (χ0n) is 11.0. The summed E-state index contributed by atoms with van der Waals surface area (Å²) in [4.78, 5) is 19.0. The fourth-order valence-electron chi connectivity index (χ4n) is 2.12. The molecule has 0 amide bonds. The van der Waals surface area contributed by atoms with Gasteiger partial charge in [-0.05, 0) is 18.5 Å². The largest absolute Gasteiger partial charge is 0.476 e.